The smallest absolute Gasteiger partial charge is 0.241 e. The lowest BCUT2D eigenvalue weighted by Gasteiger charge is -2.67. The quantitative estimate of drug-likeness (QED) is 0.648. The minimum absolute atomic E-state index is 0.379. The molecule has 34 heavy (non-hydrogen) atoms. The van der Waals surface area contributed by atoms with E-state index < -0.39 is 45.3 Å². The summed E-state index contributed by atoms with van der Waals surface area (Å²) in [7, 11) is 3.05. The Morgan fingerprint density at radius 2 is 0.735 bits per heavy atom. The van der Waals surface area contributed by atoms with Gasteiger partial charge in [0.2, 0.25) is 23.6 Å². The van der Waals surface area contributed by atoms with E-state index in [1.807, 2.05) is 0 Å². The molecule has 2 aromatic carbocycles. The molecule has 2 aliphatic heterocycles. The van der Waals surface area contributed by atoms with Gasteiger partial charge in [0.05, 0.1) is 47.3 Å². The number of hydrogen-bond donors (Lipinski definition) is 0. The number of hydrogen-bond acceptors (Lipinski definition) is 6. The van der Waals surface area contributed by atoms with Crippen LogP contribution < -0.4 is 19.3 Å². The zero-order valence-corrected chi connectivity index (χ0v) is 20.0. The molecule has 0 spiro atoms. The number of anilines is 2. The van der Waals surface area contributed by atoms with Gasteiger partial charge in [0.25, 0.3) is 0 Å². The Morgan fingerprint density at radius 1 is 0.500 bits per heavy atom. The van der Waals surface area contributed by atoms with Crippen LogP contribution in [0.4, 0.5) is 11.4 Å². The summed E-state index contributed by atoms with van der Waals surface area (Å²) in [5.74, 6) is -0.768. The second-order valence-corrected chi connectivity index (χ2v) is 9.79. The second-order valence-electron chi connectivity index (χ2n) is 9.79. The van der Waals surface area contributed by atoms with E-state index in [1.54, 1.807) is 76.2 Å². The normalized spacial score (nSPS) is 34.2. The van der Waals surface area contributed by atoms with Crippen molar-refractivity contribution in [3.05, 3.63) is 48.5 Å². The number of nitrogens with zero attached hydrogens (tertiary/aromatic N) is 2. The van der Waals surface area contributed by atoms with E-state index in [9.17, 15) is 19.2 Å². The first-order valence-corrected chi connectivity index (χ1v) is 11.0. The molecule has 4 amide bonds. The highest BCUT2D eigenvalue weighted by molar-refractivity contribution is 6.37. The predicted octanol–water partition coefficient (Wildman–Crippen LogP) is 3.19. The largest absolute Gasteiger partial charge is 0.497 e. The molecule has 1 aliphatic carbocycles. The lowest BCUT2D eigenvalue weighted by molar-refractivity contribution is -0.243. The van der Waals surface area contributed by atoms with Gasteiger partial charge in [0.15, 0.2) is 0 Å². The lowest BCUT2D eigenvalue weighted by atomic mass is 9.27. The number of methoxy groups -OCH3 is 2. The summed E-state index contributed by atoms with van der Waals surface area (Å²) in [6, 6.07) is 13.1. The molecule has 5 rings (SSSR count). The molecule has 8 nitrogen and oxygen atoms in total. The third-order valence-electron chi connectivity index (χ3n) is 9.18. The fraction of sp³-hybridized carbons (Fsp3) is 0.385. The first-order valence-electron chi connectivity index (χ1n) is 11.0. The molecule has 2 saturated heterocycles. The van der Waals surface area contributed by atoms with E-state index in [1.165, 1.54) is 14.2 Å². The summed E-state index contributed by atoms with van der Waals surface area (Å²) in [6.07, 6.45) is 0. The maximum absolute atomic E-state index is 13.9. The van der Waals surface area contributed by atoms with E-state index in [0.29, 0.717) is 22.9 Å². The van der Waals surface area contributed by atoms with Crippen LogP contribution >= 0.6 is 0 Å². The number of benzene rings is 2. The Morgan fingerprint density at radius 3 is 0.941 bits per heavy atom. The summed E-state index contributed by atoms with van der Waals surface area (Å²) in [4.78, 5) is 57.8. The van der Waals surface area contributed by atoms with Crippen LogP contribution in [0.15, 0.2) is 48.5 Å². The second kappa shape index (κ2) is 6.46. The van der Waals surface area contributed by atoms with Gasteiger partial charge in [-0.25, -0.2) is 9.80 Å². The van der Waals surface area contributed by atoms with Gasteiger partial charge < -0.3 is 9.47 Å². The van der Waals surface area contributed by atoms with E-state index in [2.05, 4.69) is 0 Å². The Labute approximate surface area is 197 Å². The minimum Gasteiger partial charge on any atom is -0.497 e. The summed E-state index contributed by atoms with van der Waals surface area (Å²) < 4.78 is 10.4. The fourth-order valence-electron chi connectivity index (χ4n) is 6.66. The number of fused-ring (bicyclic) bond motifs is 4. The molecule has 176 valence electrons. The first-order chi connectivity index (χ1) is 16.0. The van der Waals surface area contributed by atoms with Gasteiger partial charge in [0, 0.05) is 0 Å². The summed E-state index contributed by atoms with van der Waals surface area (Å²) in [5, 5.41) is 0. The van der Waals surface area contributed by atoms with Crippen molar-refractivity contribution in [1.29, 1.82) is 0 Å². The van der Waals surface area contributed by atoms with Gasteiger partial charge in [-0.15, -0.1) is 0 Å². The zero-order chi connectivity index (χ0) is 24.8. The molecule has 0 atom stereocenters. The Hall–Kier alpha value is -3.68. The van der Waals surface area contributed by atoms with Crippen molar-refractivity contribution in [3.63, 3.8) is 0 Å². The third-order valence-corrected chi connectivity index (χ3v) is 9.18. The van der Waals surface area contributed by atoms with Crippen LogP contribution in [0.3, 0.4) is 0 Å². The SMILES string of the molecule is COc1ccc(N2C(=O)C3(C)C(C)(C2=O)C2(C)C(=O)N(c4ccc(OC)cc4)C(=O)C32C)cc1. The molecule has 1 saturated carbocycles. The highest BCUT2D eigenvalue weighted by Gasteiger charge is 2.96. The van der Waals surface area contributed by atoms with Crippen molar-refractivity contribution in [3.8, 4) is 11.5 Å². The number of carbonyl (C=O) groups excluding carboxylic acids is 4. The van der Waals surface area contributed by atoms with Crippen LogP contribution in [-0.2, 0) is 19.2 Å². The van der Waals surface area contributed by atoms with Crippen LogP contribution in [0.1, 0.15) is 27.7 Å². The summed E-state index contributed by atoms with van der Waals surface area (Å²) >= 11 is 0. The number of rotatable bonds is 4. The molecule has 3 aliphatic rings. The van der Waals surface area contributed by atoms with Gasteiger partial charge >= 0.3 is 0 Å². The lowest BCUT2D eigenvalue weighted by Crippen LogP contribution is -2.77. The maximum atomic E-state index is 13.9. The van der Waals surface area contributed by atoms with Gasteiger partial charge in [-0.3, -0.25) is 19.2 Å². The van der Waals surface area contributed by atoms with Crippen molar-refractivity contribution < 1.29 is 28.7 Å². The third kappa shape index (κ3) is 1.94. The van der Waals surface area contributed by atoms with Crippen LogP contribution in [0.2, 0.25) is 0 Å². The van der Waals surface area contributed by atoms with Crippen LogP contribution in [0.5, 0.6) is 11.5 Å². The molecule has 0 bridgehead atoms. The van der Waals surface area contributed by atoms with E-state index in [0.717, 1.165) is 9.80 Å². The van der Waals surface area contributed by atoms with Gasteiger partial charge in [-0.2, -0.15) is 0 Å². The monoisotopic (exact) mass is 462 g/mol. The molecule has 0 N–H and O–H groups in total. The molecule has 3 fully saturated rings. The van der Waals surface area contributed by atoms with Crippen LogP contribution in [-0.4, -0.2) is 37.8 Å². The molecular formula is C26H26N2O6. The Bertz CT molecular complexity index is 1100. The average Bonchev–Trinajstić information content (AvgIpc) is 3.10. The highest BCUT2D eigenvalue weighted by atomic mass is 16.5. The molecule has 2 heterocycles. The van der Waals surface area contributed by atoms with Crippen molar-refractivity contribution in [2.45, 2.75) is 27.7 Å². The minimum atomic E-state index is -1.40. The first kappa shape index (κ1) is 22.1. The molecule has 0 unspecified atom stereocenters. The van der Waals surface area contributed by atoms with Crippen molar-refractivity contribution in [1.82, 2.24) is 0 Å². The number of carbonyl (C=O) groups is 4. The average molecular weight is 463 g/mol. The van der Waals surface area contributed by atoms with E-state index in [4.69, 9.17) is 9.47 Å². The molecule has 0 radical (unpaired) electrons. The molecule has 2 aromatic rings. The van der Waals surface area contributed by atoms with Crippen molar-refractivity contribution in [2.24, 2.45) is 21.7 Å². The van der Waals surface area contributed by atoms with Crippen molar-refractivity contribution >= 4 is 35.0 Å². The van der Waals surface area contributed by atoms with Gasteiger partial charge in [-0.1, -0.05) is 0 Å². The van der Waals surface area contributed by atoms with E-state index in [-0.39, 0.29) is 0 Å². The van der Waals surface area contributed by atoms with Gasteiger partial charge in [-0.05, 0) is 76.2 Å². The summed E-state index contributed by atoms with van der Waals surface area (Å²) in [6.45, 7) is 6.56. The molecule has 8 heteroatoms. The van der Waals surface area contributed by atoms with Crippen LogP contribution in [0.25, 0.3) is 0 Å². The topological polar surface area (TPSA) is 93.2 Å². The Balaban J connectivity index is 1.64. The van der Waals surface area contributed by atoms with E-state index >= 15 is 0 Å². The van der Waals surface area contributed by atoms with Gasteiger partial charge in [0.1, 0.15) is 11.5 Å². The molecule has 0 aromatic heterocycles. The Kier molecular flexibility index (Phi) is 4.21. The maximum Gasteiger partial charge on any atom is 0.241 e. The summed E-state index contributed by atoms with van der Waals surface area (Å²) in [5.41, 5.74) is -4.85. The standard InChI is InChI=1S/C26H26N2O6/c1-23-19(29)27(15-7-11-17(33-5)12-8-15)20(30)24(23,2)26(4)22(32)28(21(31)25(23,26)3)16-9-13-18(34-6)14-10-16/h7-14H,1-6H3. The molecular weight excluding hydrogens is 436 g/mol. The van der Waals surface area contributed by atoms with Crippen LogP contribution in [0, 0.1) is 21.7 Å². The highest BCUT2D eigenvalue weighted by Crippen LogP contribution is 2.84. The number of amides is 4. The zero-order valence-electron chi connectivity index (χ0n) is 20.0. The predicted molar refractivity (Wildman–Crippen MR) is 123 cm³/mol. The fourth-order valence-corrected chi connectivity index (χ4v) is 6.66. The van der Waals surface area contributed by atoms with Crippen molar-refractivity contribution in [2.75, 3.05) is 24.0 Å². The number of imide groups is 2. The number of ether oxygens (including phenoxy) is 2.